The summed E-state index contributed by atoms with van der Waals surface area (Å²) in [5.41, 5.74) is -0.955. The molecule has 1 aromatic rings. The monoisotopic (exact) mass is 543 g/mol. The highest BCUT2D eigenvalue weighted by Crippen LogP contribution is 2.27. The predicted octanol–water partition coefficient (Wildman–Crippen LogP) is 3.15. The molecule has 1 aromatic heterocycles. The second-order valence-electron chi connectivity index (χ2n) is 7.01. The van der Waals surface area contributed by atoms with E-state index in [0.29, 0.717) is 19.0 Å². The molecule has 7 nitrogen and oxygen atoms in total. The predicted molar refractivity (Wildman–Crippen MR) is 124 cm³/mol. The van der Waals surface area contributed by atoms with Gasteiger partial charge in [-0.2, -0.15) is 13.2 Å². The molecule has 0 aromatic carbocycles. The number of anilines is 1. The molecule has 0 aliphatic carbocycles. The summed E-state index contributed by atoms with van der Waals surface area (Å²) in [7, 11) is 0. The Morgan fingerprint density at radius 1 is 1.30 bits per heavy atom. The molecule has 11 heteroatoms. The van der Waals surface area contributed by atoms with E-state index < -0.39 is 11.9 Å². The molecule has 2 rings (SSSR count). The van der Waals surface area contributed by atoms with E-state index in [1.54, 1.807) is 0 Å². The van der Waals surface area contributed by atoms with Gasteiger partial charge in [-0.1, -0.05) is 13.8 Å². The van der Waals surface area contributed by atoms with Crippen LogP contribution in [0.15, 0.2) is 17.3 Å². The van der Waals surface area contributed by atoms with E-state index in [0.717, 1.165) is 63.9 Å². The number of hydrogen-bond donors (Lipinski definition) is 2. The molecule has 0 amide bonds. The summed E-state index contributed by atoms with van der Waals surface area (Å²) in [5, 5.41) is 6.12. The standard InChI is InChI=1S/C19H32F3N7.HI/c1-4-23-18(29-12-8-15(14-29)13-28(5-2)6-3)26-11-10-25-17-24-9-7-16(27-17)19(20,21)22;/h7,9,15H,4-6,8,10-14H2,1-3H3,(H,23,26)(H,24,25,27);1H. The van der Waals surface area contributed by atoms with Crippen LogP contribution in [-0.2, 0) is 6.18 Å². The Labute approximate surface area is 193 Å². The number of likely N-dealkylation sites (tertiary alicyclic amines) is 1. The molecule has 30 heavy (non-hydrogen) atoms. The Hall–Kier alpha value is -1.37. The van der Waals surface area contributed by atoms with Crippen LogP contribution >= 0.6 is 24.0 Å². The fraction of sp³-hybridized carbons (Fsp3) is 0.737. The number of aromatic nitrogens is 2. The van der Waals surface area contributed by atoms with Gasteiger partial charge < -0.3 is 20.4 Å². The van der Waals surface area contributed by atoms with Gasteiger partial charge in [0.15, 0.2) is 5.96 Å². The first-order valence-corrected chi connectivity index (χ1v) is 10.3. The van der Waals surface area contributed by atoms with E-state index in [2.05, 4.69) is 49.2 Å². The highest BCUT2D eigenvalue weighted by atomic mass is 127. The van der Waals surface area contributed by atoms with Crippen LogP contribution in [0.4, 0.5) is 19.1 Å². The van der Waals surface area contributed by atoms with Gasteiger partial charge in [0.2, 0.25) is 5.95 Å². The molecule has 0 bridgehead atoms. The number of rotatable bonds is 9. The quantitative estimate of drug-likeness (QED) is 0.216. The van der Waals surface area contributed by atoms with Gasteiger partial charge in [0, 0.05) is 38.9 Å². The zero-order valence-electron chi connectivity index (χ0n) is 17.9. The molecule has 1 unspecified atom stereocenters. The molecule has 2 heterocycles. The fourth-order valence-electron chi connectivity index (χ4n) is 3.38. The van der Waals surface area contributed by atoms with E-state index in [9.17, 15) is 13.2 Å². The summed E-state index contributed by atoms with van der Waals surface area (Å²) >= 11 is 0. The second-order valence-corrected chi connectivity index (χ2v) is 7.01. The Morgan fingerprint density at radius 3 is 2.67 bits per heavy atom. The van der Waals surface area contributed by atoms with Gasteiger partial charge in [-0.05, 0) is 38.4 Å². The van der Waals surface area contributed by atoms with Crippen LogP contribution in [0, 0.1) is 5.92 Å². The van der Waals surface area contributed by atoms with Crippen LogP contribution in [0.3, 0.4) is 0 Å². The molecule has 1 atom stereocenters. The number of guanidine groups is 1. The zero-order chi connectivity index (χ0) is 21.3. The maximum absolute atomic E-state index is 12.7. The first-order valence-electron chi connectivity index (χ1n) is 10.3. The van der Waals surface area contributed by atoms with Crippen molar-refractivity contribution in [3.05, 3.63) is 18.0 Å². The molecule has 0 radical (unpaired) electrons. The number of nitrogens with zero attached hydrogens (tertiary/aromatic N) is 5. The van der Waals surface area contributed by atoms with Gasteiger partial charge in [0.25, 0.3) is 0 Å². The van der Waals surface area contributed by atoms with E-state index >= 15 is 0 Å². The van der Waals surface area contributed by atoms with E-state index in [-0.39, 0.29) is 29.9 Å². The normalized spacial score (nSPS) is 17.2. The van der Waals surface area contributed by atoms with Crippen LogP contribution in [0.5, 0.6) is 0 Å². The average Bonchev–Trinajstić information content (AvgIpc) is 3.16. The minimum absolute atomic E-state index is 0. The van der Waals surface area contributed by atoms with Crippen molar-refractivity contribution in [1.29, 1.82) is 0 Å². The third-order valence-corrected chi connectivity index (χ3v) is 4.93. The smallest absolute Gasteiger partial charge is 0.357 e. The molecular formula is C19H33F3IN7. The van der Waals surface area contributed by atoms with Gasteiger partial charge in [-0.25, -0.2) is 9.97 Å². The SMILES string of the molecule is CCNC(=NCCNc1nccc(C(F)(F)F)n1)N1CCC(CN(CC)CC)C1.I. The molecule has 0 spiro atoms. The maximum atomic E-state index is 12.7. The molecule has 1 saturated heterocycles. The van der Waals surface area contributed by atoms with Crippen molar-refractivity contribution in [2.45, 2.75) is 33.4 Å². The molecule has 0 saturated carbocycles. The van der Waals surface area contributed by atoms with Crippen LogP contribution in [0.1, 0.15) is 32.9 Å². The van der Waals surface area contributed by atoms with Gasteiger partial charge in [-0.3, -0.25) is 4.99 Å². The van der Waals surface area contributed by atoms with Crippen molar-refractivity contribution < 1.29 is 13.2 Å². The Bertz CT molecular complexity index is 653. The number of aliphatic imine (C=N–C) groups is 1. The molecule has 1 aliphatic heterocycles. The summed E-state index contributed by atoms with van der Waals surface area (Å²) < 4.78 is 38.2. The second kappa shape index (κ2) is 13.1. The minimum atomic E-state index is -4.48. The Morgan fingerprint density at radius 2 is 2.03 bits per heavy atom. The number of alkyl halides is 3. The van der Waals surface area contributed by atoms with Crippen LogP contribution in [0.25, 0.3) is 0 Å². The largest absolute Gasteiger partial charge is 0.433 e. The average molecular weight is 543 g/mol. The van der Waals surface area contributed by atoms with Crippen molar-refractivity contribution in [3.8, 4) is 0 Å². The van der Waals surface area contributed by atoms with Gasteiger partial charge in [0.1, 0.15) is 5.69 Å². The summed E-state index contributed by atoms with van der Waals surface area (Å²) in [5.74, 6) is 1.43. The lowest BCUT2D eigenvalue weighted by Crippen LogP contribution is -2.41. The maximum Gasteiger partial charge on any atom is 0.433 e. The van der Waals surface area contributed by atoms with Crippen molar-refractivity contribution >= 4 is 35.9 Å². The molecule has 1 fully saturated rings. The number of hydrogen-bond acceptors (Lipinski definition) is 5. The van der Waals surface area contributed by atoms with Crippen LogP contribution < -0.4 is 10.6 Å². The highest BCUT2D eigenvalue weighted by molar-refractivity contribution is 14.0. The van der Waals surface area contributed by atoms with E-state index in [1.165, 1.54) is 0 Å². The summed E-state index contributed by atoms with van der Waals surface area (Å²) in [6.45, 7) is 13.1. The molecule has 172 valence electrons. The van der Waals surface area contributed by atoms with Gasteiger partial charge in [-0.15, -0.1) is 24.0 Å². The minimum Gasteiger partial charge on any atom is -0.357 e. The lowest BCUT2D eigenvalue weighted by Gasteiger charge is -2.24. The van der Waals surface area contributed by atoms with E-state index in [4.69, 9.17) is 0 Å². The lowest BCUT2D eigenvalue weighted by atomic mass is 10.1. The zero-order valence-corrected chi connectivity index (χ0v) is 20.2. The molecule has 2 N–H and O–H groups in total. The first kappa shape index (κ1) is 26.7. The molecule has 1 aliphatic rings. The summed E-state index contributed by atoms with van der Waals surface area (Å²) in [4.78, 5) is 16.7. The Balaban J connectivity index is 0.00000450. The van der Waals surface area contributed by atoms with Crippen LogP contribution in [0.2, 0.25) is 0 Å². The van der Waals surface area contributed by atoms with Crippen molar-refractivity contribution in [2.24, 2.45) is 10.9 Å². The lowest BCUT2D eigenvalue weighted by molar-refractivity contribution is -0.141. The van der Waals surface area contributed by atoms with Gasteiger partial charge in [0.05, 0.1) is 6.54 Å². The summed E-state index contributed by atoms with van der Waals surface area (Å²) in [6.07, 6.45) is -2.24. The van der Waals surface area contributed by atoms with Crippen molar-refractivity contribution in [3.63, 3.8) is 0 Å². The Kier molecular flexibility index (Phi) is 11.7. The molecular weight excluding hydrogens is 510 g/mol. The third-order valence-electron chi connectivity index (χ3n) is 4.93. The third kappa shape index (κ3) is 8.40. The summed E-state index contributed by atoms with van der Waals surface area (Å²) in [6, 6.07) is 0.856. The van der Waals surface area contributed by atoms with Crippen molar-refractivity contribution in [1.82, 2.24) is 25.1 Å². The first-order chi connectivity index (χ1) is 13.9. The fourth-order valence-corrected chi connectivity index (χ4v) is 3.38. The van der Waals surface area contributed by atoms with Crippen LogP contribution in [-0.4, -0.2) is 78.1 Å². The van der Waals surface area contributed by atoms with Crippen molar-refractivity contribution in [2.75, 3.05) is 57.7 Å². The van der Waals surface area contributed by atoms with Gasteiger partial charge >= 0.3 is 6.18 Å². The van der Waals surface area contributed by atoms with E-state index in [1.807, 2.05) is 6.92 Å². The highest BCUT2D eigenvalue weighted by Gasteiger charge is 2.32. The number of halogens is 4. The number of nitrogens with one attached hydrogen (secondary N) is 2. The topological polar surface area (TPSA) is 68.7 Å².